The minimum absolute atomic E-state index is 0.326. The zero-order valence-corrected chi connectivity index (χ0v) is 16.2. The maximum Gasteiger partial charge on any atom is 0.279 e. The monoisotopic (exact) mass is 385 g/mol. The molecule has 3 aromatic carbocycles. The molecule has 0 fully saturated rings. The van der Waals surface area contributed by atoms with Crippen molar-refractivity contribution in [1.29, 1.82) is 0 Å². The molecule has 0 spiro atoms. The molecule has 4 rings (SSSR count). The minimum atomic E-state index is -1.40. The first-order chi connectivity index (χ1) is 14.1. The second kappa shape index (κ2) is 7.53. The number of hydrogen-bond donors (Lipinski definition) is 2. The second-order valence-electron chi connectivity index (χ2n) is 7.12. The molecule has 1 aromatic heterocycles. The van der Waals surface area contributed by atoms with Crippen molar-refractivity contribution in [2.75, 3.05) is 5.84 Å². The number of rotatable bonds is 5. The van der Waals surface area contributed by atoms with Gasteiger partial charge in [0.15, 0.2) is 0 Å². The Morgan fingerprint density at radius 2 is 1.45 bits per heavy atom. The van der Waals surface area contributed by atoms with E-state index >= 15 is 0 Å². The van der Waals surface area contributed by atoms with Gasteiger partial charge < -0.3 is 10.9 Å². The van der Waals surface area contributed by atoms with Gasteiger partial charge >= 0.3 is 0 Å². The largest absolute Gasteiger partial charge is 0.380 e. The van der Waals surface area contributed by atoms with Crippen LogP contribution < -0.4 is 11.4 Å². The Morgan fingerprint density at radius 3 is 2.00 bits per heavy atom. The van der Waals surface area contributed by atoms with E-state index in [0.717, 1.165) is 15.8 Å². The SMILES string of the molecule is CCC(c1nc2ccccc2c(=O)n1N)C(O)(c1ccccc1)c1ccccc1. The number of aliphatic hydroxyl groups is 1. The summed E-state index contributed by atoms with van der Waals surface area (Å²) in [7, 11) is 0. The zero-order chi connectivity index (χ0) is 20.4. The van der Waals surface area contributed by atoms with E-state index in [-0.39, 0.29) is 5.56 Å². The molecule has 5 heteroatoms. The Morgan fingerprint density at radius 1 is 0.931 bits per heavy atom. The van der Waals surface area contributed by atoms with Crippen molar-refractivity contribution in [1.82, 2.24) is 9.66 Å². The van der Waals surface area contributed by atoms with E-state index in [1.54, 1.807) is 18.2 Å². The summed E-state index contributed by atoms with van der Waals surface area (Å²) in [6.45, 7) is 1.96. The molecule has 4 aromatic rings. The fraction of sp³-hybridized carbons (Fsp3) is 0.167. The Hall–Kier alpha value is -3.44. The van der Waals surface area contributed by atoms with Crippen LogP contribution in [0.25, 0.3) is 10.9 Å². The molecule has 1 atom stereocenters. The van der Waals surface area contributed by atoms with Crippen LogP contribution in [0.5, 0.6) is 0 Å². The van der Waals surface area contributed by atoms with Gasteiger partial charge in [0, 0.05) is 0 Å². The molecule has 5 nitrogen and oxygen atoms in total. The fourth-order valence-corrected chi connectivity index (χ4v) is 4.03. The summed E-state index contributed by atoms with van der Waals surface area (Å²) in [5, 5.41) is 12.6. The quantitative estimate of drug-likeness (QED) is 0.515. The van der Waals surface area contributed by atoms with Crippen molar-refractivity contribution in [3.63, 3.8) is 0 Å². The Balaban J connectivity index is 2.01. The lowest BCUT2D eigenvalue weighted by Gasteiger charge is -2.37. The number of nitrogen functional groups attached to an aromatic ring is 1. The topological polar surface area (TPSA) is 81.1 Å². The summed E-state index contributed by atoms with van der Waals surface area (Å²) < 4.78 is 1.08. The third kappa shape index (κ3) is 3.09. The van der Waals surface area contributed by atoms with Gasteiger partial charge in [0.25, 0.3) is 5.56 Å². The summed E-state index contributed by atoms with van der Waals surface area (Å²) in [5.74, 6) is 6.03. The molecule has 0 aliphatic rings. The summed E-state index contributed by atoms with van der Waals surface area (Å²) in [5.41, 5.74) is 0.282. The van der Waals surface area contributed by atoms with Gasteiger partial charge in [-0.15, -0.1) is 0 Å². The second-order valence-corrected chi connectivity index (χ2v) is 7.12. The number of para-hydroxylation sites is 1. The van der Waals surface area contributed by atoms with Gasteiger partial charge in [-0.3, -0.25) is 4.79 Å². The van der Waals surface area contributed by atoms with E-state index < -0.39 is 11.5 Å². The van der Waals surface area contributed by atoms with Gasteiger partial charge in [-0.2, -0.15) is 0 Å². The molecule has 0 radical (unpaired) electrons. The molecular weight excluding hydrogens is 362 g/mol. The Labute approximate surface area is 169 Å². The number of benzene rings is 3. The van der Waals surface area contributed by atoms with Crippen LogP contribution in [-0.4, -0.2) is 14.8 Å². The lowest BCUT2D eigenvalue weighted by Crippen LogP contribution is -2.41. The fourth-order valence-electron chi connectivity index (χ4n) is 4.03. The highest BCUT2D eigenvalue weighted by Crippen LogP contribution is 2.43. The molecule has 3 N–H and O–H groups in total. The predicted octanol–water partition coefficient (Wildman–Crippen LogP) is 3.54. The molecule has 0 saturated heterocycles. The van der Waals surface area contributed by atoms with Gasteiger partial charge in [0.05, 0.1) is 16.8 Å². The normalized spacial score (nSPS) is 12.8. The average Bonchev–Trinajstić information content (AvgIpc) is 2.78. The first-order valence-corrected chi connectivity index (χ1v) is 9.67. The van der Waals surface area contributed by atoms with Gasteiger partial charge in [-0.05, 0) is 29.7 Å². The third-order valence-corrected chi connectivity index (χ3v) is 5.49. The van der Waals surface area contributed by atoms with Crippen LogP contribution in [-0.2, 0) is 5.60 Å². The number of fused-ring (bicyclic) bond motifs is 1. The van der Waals surface area contributed by atoms with Crippen LogP contribution in [0, 0.1) is 0 Å². The van der Waals surface area contributed by atoms with Crippen molar-refractivity contribution in [2.45, 2.75) is 24.9 Å². The van der Waals surface area contributed by atoms with Crippen molar-refractivity contribution < 1.29 is 5.11 Å². The zero-order valence-electron chi connectivity index (χ0n) is 16.2. The highest BCUT2D eigenvalue weighted by atomic mass is 16.3. The van der Waals surface area contributed by atoms with Crippen LogP contribution in [0.15, 0.2) is 89.7 Å². The molecule has 146 valence electrons. The number of aromatic nitrogens is 2. The van der Waals surface area contributed by atoms with E-state index in [9.17, 15) is 9.90 Å². The molecule has 1 unspecified atom stereocenters. The van der Waals surface area contributed by atoms with E-state index in [1.165, 1.54) is 0 Å². The predicted molar refractivity (Wildman–Crippen MR) is 115 cm³/mol. The molecule has 1 heterocycles. The van der Waals surface area contributed by atoms with E-state index in [4.69, 9.17) is 10.8 Å². The Kier molecular flexibility index (Phi) is 4.91. The molecule has 0 aliphatic carbocycles. The molecule has 0 saturated carbocycles. The minimum Gasteiger partial charge on any atom is -0.380 e. The van der Waals surface area contributed by atoms with Gasteiger partial charge in [0.1, 0.15) is 11.4 Å². The van der Waals surface area contributed by atoms with Crippen molar-refractivity contribution in [2.24, 2.45) is 0 Å². The average molecular weight is 385 g/mol. The summed E-state index contributed by atoms with van der Waals surface area (Å²) in [4.78, 5) is 17.6. The maximum absolute atomic E-state index is 12.9. The van der Waals surface area contributed by atoms with Gasteiger partial charge in [-0.1, -0.05) is 79.7 Å². The molecular formula is C24H23N3O2. The van der Waals surface area contributed by atoms with E-state index in [0.29, 0.717) is 23.1 Å². The summed E-state index contributed by atoms with van der Waals surface area (Å²) in [6.07, 6.45) is 0.530. The van der Waals surface area contributed by atoms with Gasteiger partial charge in [0.2, 0.25) is 0 Å². The highest BCUT2D eigenvalue weighted by Gasteiger charge is 2.42. The molecule has 0 aliphatic heterocycles. The Bertz CT molecular complexity index is 1150. The van der Waals surface area contributed by atoms with Crippen LogP contribution in [0.3, 0.4) is 0 Å². The van der Waals surface area contributed by atoms with Crippen molar-refractivity contribution in [3.8, 4) is 0 Å². The lowest BCUT2D eigenvalue weighted by atomic mass is 9.74. The van der Waals surface area contributed by atoms with Crippen molar-refractivity contribution in [3.05, 3.63) is 112 Å². The molecule has 0 bridgehead atoms. The smallest absolute Gasteiger partial charge is 0.279 e. The van der Waals surface area contributed by atoms with E-state index in [1.807, 2.05) is 73.7 Å². The van der Waals surface area contributed by atoms with E-state index in [2.05, 4.69) is 0 Å². The van der Waals surface area contributed by atoms with Crippen LogP contribution >= 0.6 is 0 Å². The number of nitrogens with zero attached hydrogens (tertiary/aromatic N) is 2. The number of nitrogens with two attached hydrogens (primary N) is 1. The van der Waals surface area contributed by atoms with Gasteiger partial charge in [-0.25, -0.2) is 9.66 Å². The first kappa shape index (κ1) is 18.9. The summed E-state index contributed by atoms with van der Waals surface area (Å²) in [6, 6.07) is 26.0. The number of hydrogen-bond acceptors (Lipinski definition) is 4. The first-order valence-electron chi connectivity index (χ1n) is 9.67. The van der Waals surface area contributed by atoms with Crippen molar-refractivity contribution >= 4 is 10.9 Å². The third-order valence-electron chi connectivity index (χ3n) is 5.49. The van der Waals surface area contributed by atoms with Crippen LogP contribution in [0.4, 0.5) is 0 Å². The lowest BCUT2D eigenvalue weighted by molar-refractivity contribution is 0.0435. The molecule has 29 heavy (non-hydrogen) atoms. The maximum atomic E-state index is 12.9. The van der Waals surface area contributed by atoms with Crippen LogP contribution in [0.2, 0.25) is 0 Å². The van der Waals surface area contributed by atoms with Crippen LogP contribution in [0.1, 0.15) is 36.2 Å². The standard InChI is InChI=1S/C24H23N3O2/c1-2-20(22-26-21-16-10-9-15-19(21)23(28)27(22)25)24(29,17-11-5-3-6-12-17)18-13-7-4-8-14-18/h3-16,20,29H,2,25H2,1H3. The molecule has 0 amide bonds. The summed E-state index contributed by atoms with van der Waals surface area (Å²) >= 11 is 0. The highest BCUT2D eigenvalue weighted by molar-refractivity contribution is 5.77.